The van der Waals surface area contributed by atoms with Crippen molar-refractivity contribution in [3.05, 3.63) is 63.1 Å². The summed E-state index contributed by atoms with van der Waals surface area (Å²) in [4.78, 5) is 12.1. The summed E-state index contributed by atoms with van der Waals surface area (Å²) in [5.41, 5.74) is 0.925. The first-order valence-corrected chi connectivity index (χ1v) is 6.04. The van der Waals surface area contributed by atoms with Gasteiger partial charge in [-0.2, -0.15) is 0 Å². The molecule has 0 bridgehead atoms. The fraction of sp³-hybridized carbons (Fsp3) is 0. The maximum Gasteiger partial charge on any atom is 0.194 e. The topological polar surface area (TPSA) is 37.3 Å². The molecule has 0 radical (unpaired) electrons. The Morgan fingerprint density at radius 2 is 1.88 bits per heavy atom. The van der Waals surface area contributed by atoms with Gasteiger partial charge in [-0.05, 0) is 46.3 Å². The van der Waals surface area contributed by atoms with Crippen molar-refractivity contribution in [2.75, 3.05) is 0 Å². The van der Waals surface area contributed by atoms with Crippen LogP contribution in [0.5, 0.6) is 5.75 Å². The van der Waals surface area contributed by atoms with E-state index >= 15 is 0 Å². The van der Waals surface area contributed by atoms with Gasteiger partial charge in [0.2, 0.25) is 0 Å². The minimum atomic E-state index is -0.170. The average Bonchev–Trinajstić information content (AvgIpc) is 2.32. The van der Waals surface area contributed by atoms with E-state index in [0.29, 0.717) is 20.6 Å². The molecule has 0 unspecified atom stereocenters. The number of carbonyl (C=O) groups excluding carboxylic acids is 1. The first-order valence-electron chi connectivity index (χ1n) is 4.87. The van der Waals surface area contributed by atoms with Gasteiger partial charge < -0.3 is 5.11 Å². The molecule has 0 aliphatic carbocycles. The third kappa shape index (κ3) is 2.51. The van der Waals surface area contributed by atoms with Crippen LogP contribution in [0.3, 0.4) is 0 Å². The van der Waals surface area contributed by atoms with Gasteiger partial charge in [-0.3, -0.25) is 4.79 Å². The van der Waals surface area contributed by atoms with E-state index in [0.717, 1.165) is 0 Å². The van der Waals surface area contributed by atoms with Crippen molar-refractivity contribution >= 4 is 33.3 Å². The highest BCUT2D eigenvalue weighted by molar-refractivity contribution is 9.10. The maximum atomic E-state index is 12.1. The molecule has 2 nitrogen and oxygen atoms in total. The molecule has 86 valence electrons. The van der Waals surface area contributed by atoms with Gasteiger partial charge >= 0.3 is 0 Å². The fourth-order valence-corrected chi connectivity index (χ4v) is 2.05. The lowest BCUT2D eigenvalue weighted by molar-refractivity contribution is 0.103. The minimum absolute atomic E-state index is 0.0979. The molecule has 0 spiro atoms. The molecule has 17 heavy (non-hydrogen) atoms. The fourth-order valence-electron chi connectivity index (χ4n) is 1.45. The van der Waals surface area contributed by atoms with E-state index in [1.165, 1.54) is 6.07 Å². The first-order chi connectivity index (χ1) is 8.09. The van der Waals surface area contributed by atoms with Gasteiger partial charge in [-0.15, -0.1) is 0 Å². The van der Waals surface area contributed by atoms with E-state index < -0.39 is 0 Å². The number of carbonyl (C=O) groups is 1. The zero-order valence-electron chi connectivity index (χ0n) is 8.65. The second kappa shape index (κ2) is 4.90. The SMILES string of the molecule is O=C(c1ccc(O)c(Br)c1)c1ccccc1Cl. The second-order valence-electron chi connectivity index (χ2n) is 3.48. The normalized spacial score (nSPS) is 10.2. The first kappa shape index (κ1) is 12.1. The molecular weight excluding hydrogens is 303 g/mol. The van der Waals surface area contributed by atoms with Crippen LogP contribution in [0.2, 0.25) is 5.02 Å². The minimum Gasteiger partial charge on any atom is -0.507 e. The molecule has 1 N–H and O–H groups in total. The number of phenolic OH excluding ortho intramolecular Hbond substituents is 1. The quantitative estimate of drug-likeness (QED) is 0.850. The zero-order chi connectivity index (χ0) is 12.4. The molecule has 2 aromatic rings. The summed E-state index contributed by atoms with van der Waals surface area (Å²) in [7, 11) is 0. The highest BCUT2D eigenvalue weighted by Crippen LogP contribution is 2.26. The Labute approximate surface area is 112 Å². The summed E-state index contributed by atoms with van der Waals surface area (Å²) < 4.78 is 0.482. The van der Waals surface area contributed by atoms with Crippen LogP contribution in [0, 0.1) is 0 Å². The van der Waals surface area contributed by atoms with Crippen LogP contribution in [-0.2, 0) is 0 Å². The van der Waals surface area contributed by atoms with Gasteiger partial charge in [0.25, 0.3) is 0 Å². The number of aromatic hydroxyl groups is 1. The predicted molar refractivity (Wildman–Crippen MR) is 70.7 cm³/mol. The summed E-state index contributed by atoms with van der Waals surface area (Å²) in [5, 5.41) is 9.78. The third-order valence-electron chi connectivity index (χ3n) is 2.33. The van der Waals surface area contributed by atoms with Gasteiger partial charge in [0.15, 0.2) is 5.78 Å². The van der Waals surface area contributed by atoms with Gasteiger partial charge in [0, 0.05) is 11.1 Å². The largest absolute Gasteiger partial charge is 0.507 e. The Morgan fingerprint density at radius 3 is 2.53 bits per heavy atom. The van der Waals surface area contributed by atoms with Crippen molar-refractivity contribution < 1.29 is 9.90 Å². The van der Waals surface area contributed by atoms with E-state index in [9.17, 15) is 9.90 Å². The van der Waals surface area contributed by atoms with Gasteiger partial charge in [0.05, 0.1) is 9.50 Å². The molecule has 0 aliphatic rings. The van der Waals surface area contributed by atoms with Crippen molar-refractivity contribution in [2.45, 2.75) is 0 Å². The Hall–Kier alpha value is -1.32. The number of benzene rings is 2. The van der Waals surface area contributed by atoms with Crippen molar-refractivity contribution in [2.24, 2.45) is 0 Å². The molecule has 0 amide bonds. The molecule has 0 aromatic heterocycles. The predicted octanol–water partition coefficient (Wildman–Crippen LogP) is 4.04. The standard InChI is InChI=1S/C13H8BrClO2/c14-10-7-8(5-6-12(10)16)13(17)9-3-1-2-4-11(9)15/h1-7,16H. The van der Waals surface area contributed by atoms with Crippen LogP contribution in [0.15, 0.2) is 46.9 Å². The Kier molecular flexibility index (Phi) is 3.50. The summed E-state index contributed by atoms with van der Waals surface area (Å²) in [6.45, 7) is 0. The van der Waals surface area contributed by atoms with E-state index in [4.69, 9.17) is 11.6 Å². The Balaban J connectivity index is 2.44. The Bertz CT molecular complexity index is 581. The molecule has 2 rings (SSSR count). The summed E-state index contributed by atoms with van der Waals surface area (Å²) in [6.07, 6.45) is 0. The van der Waals surface area contributed by atoms with Crippen molar-refractivity contribution in [1.82, 2.24) is 0 Å². The molecule has 4 heteroatoms. The van der Waals surface area contributed by atoms with Crippen LogP contribution in [-0.4, -0.2) is 10.9 Å². The zero-order valence-corrected chi connectivity index (χ0v) is 11.0. The van der Waals surface area contributed by atoms with Crippen LogP contribution in [0.4, 0.5) is 0 Å². The maximum absolute atomic E-state index is 12.1. The van der Waals surface area contributed by atoms with Gasteiger partial charge in [0.1, 0.15) is 5.75 Å². The second-order valence-corrected chi connectivity index (χ2v) is 4.74. The van der Waals surface area contributed by atoms with Crippen molar-refractivity contribution in [1.29, 1.82) is 0 Å². The van der Waals surface area contributed by atoms with Crippen LogP contribution >= 0.6 is 27.5 Å². The summed E-state index contributed by atoms with van der Waals surface area (Å²) >= 11 is 9.13. The van der Waals surface area contributed by atoms with Crippen LogP contribution in [0.1, 0.15) is 15.9 Å². The third-order valence-corrected chi connectivity index (χ3v) is 3.29. The Morgan fingerprint density at radius 1 is 1.18 bits per heavy atom. The number of halogens is 2. The number of hydrogen-bond donors (Lipinski definition) is 1. The lowest BCUT2D eigenvalue weighted by Crippen LogP contribution is -2.01. The van der Waals surface area contributed by atoms with E-state index in [2.05, 4.69) is 15.9 Å². The van der Waals surface area contributed by atoms with Gasteiger partial charge in [-0.1, -0.05) is 23.7 Å². The highest BCUT2D eigenvalue weighted by Gasteiger charge is 2.13. The van der Waals surface area contributed by atoms with Crippen molar-refractivity contribution in [3.8, 4) is 5.75 Å². The monoisotopic (exact) mass is 310 g/mol. The number of ketones is 1. The molecule has 0 saturated heterocycles. The molecular formula is C13H8BrClO2. The van der Waals surface area contributed by atoms with E-state index in [-0.39, 0.29) is 11.5 Å². The van der Waals surface area contributed by atoms with Crippen molar-refractivity contribution in [3.63, 3.8) is 0 Å². The molecule has 0 heterocycles. The van der Waals surface area contributed by atoms with Crippen LogP contribution < -0.4 is 0 Å². The van der Waals surface area contributed by atoms with Gasteiger partial charge in [-0.25, -0.2) is 0 Å². The average molecular weight is 312 g/mol. The summed E-state index contributed by atoms with van der Waals surface area (Å²) in [6, 6.07) is 11.5. The lowest BCUT2D eigenvalue weighted by atomic mass is 10.0. The van der Waals surface area contributed by atoms with E-state index in [1.54, 1.807) is 36.4 Å². The molecule has 2 aromatic carbocycles. The molecule has 0 aliphatic heterocycles. The van der Waals surface area contributed by atoms with Crippen LogP contribution in [0.25, 0.3) is 0 Å². The summed E-state index contributed by atoms with van der Waals surface area (Å²) in [5.74, 6) is -0.0722. The molecule has 0 atom stereocenters. The number of phenols is 1. The number of rotatable bonds is 2. The molecule has 0 saturated carbocycles. The number of hydrogen-bond acceptors (Lipinski definition) is 2. The highest BCUT2D eigenvalue weighted by atomic mass is 79.9. The smallest absolute Gasteiger partial charge is 0.194 e. The lowest BCUT2D eigenvalue weighted by Gasteiger charge is -2.04. The van der Waals surface area contributed by atoms with E-state index in [1.807, 2.05) is 0 Å². The molecule has 0 fully saturated rings.